The van der Waals surface area contributed by atoms with Crippen LogP contribution in [0.15, 0.2) is 5.38 Å². The second-order valence-electron chi connectivity index (χ2n) is 3.92. The molecule has 5 nitrogen and oxygen atoms in total. The van der Waals surface area contributed by atoms with Gasteiger partial charge in [-0.15, -0.1) is 5.10 Å². The highest BCUT2D eigenvalue weighted by Gasteiger charge is 2.25. The number of nitrogens with one attached hydrogen (secondary N) is 1. The fourth-order valence-electron chi connectivity index (χ4n) is 1.27. The van der Waals surface area contributed by atoms with Gasteiger partial charge in [0.05, 0.1) is 19.2 Å². The van der Waals surface area contributed by atoms with Crippen molar-refractivity contribution in [2.75, 3.05) is 7.11 Å². The van der Waals surface area contributed by atoms with Gasteiger partial charge in [-0.1, -0.05) is 11.4 Å². The van der Waals surface area contributed by atoms with Gasteiger partial charge in [-0.2, -0.15) is 0 Å². The van der Waals surface area contributed by atoms with Crippen molar-refractivity contribution >= 4 is 17.5 Å². The highest BCUT2D eigenvalue weighted by Crippen LogP contribution is 2.16. The number of aromatic nitrogens is 2. The molecule has 0 bridgehead atoms. The van der Waals surface area contributed by atoms with Crippen LogP contribution in [0.5, 0.6) is 0 Å². The second kappa shape index (κ2) is 5.91. The van der Waals surface area contributed by atoms with Crippen LogP contribution >= 0.6 is 11.5 Å². The first kappa shape index (κ1) is 13.1. The highest BCUT2D eigenvalue weighted by atomic mass is 32.1. The smallest absolute Gasteiger partial charge is 0.307 e. The van der Waals surface area contributed by atoms with Crippen LogP contribution in [0.25, 0.3) is 0 Å². The molecular weight excluding hydrogens is 226 g/mol. The number of carbonyl (C=O) groups excluding carboxylic acids is 1. The number of carbonyl (C=O) groups is 1. The minimum absolute atomic E-state index is 0.201. The van der Waals surface area contributed by atoms with Gasteiger partial charge in [0.25, 0.3) is 0 Å². The topological polar surface area (TPSA) is 64.1 Å². The molecule has 0 amide bonds. The molecule has 1 heterocycles. The summed E-state index contributed by atoms with van der Waals surface area (Å²) in [4.78, 5) is 11.3. The minimum atomic E-state index is -0.253. The third-order valence-corrected chi connectivity index (χ3v) is 3.20. The van der Waals surface area contributed by atoms with Crippen LogP contribution in [0.1, 0.15) is 32.4 Å². The van der Waals surface area contributed by atoms with E-state index in [1.54, 1.807) is 0 Å². The number of hydrogen-bond donors (Lipinski definition) is 1. The van der Waals surface area contributed by atoms with E-state index in [2.05, 4.69) is 19.6 Å². The molecule has 0 radical (unpaired) electrons. The van der Waals surface area contributed by atoms with Gasteiger partial charge in [0.1, 0.15) is 0 Å². The van der Waals surface area contributed by atoms with Gasteiger partial charge in [0.15, 0.2) is 0 Å². The Balaban J connectivity index is 2.49. The average Bonchev–Trinajstić information content (AvgIpc) is 2.79. The Morgan fingerprint density at radius 1 is 1.69 bits per heavy atom. The molecule has 0 saturated carbocycles. The molecule has 16 heavy (non-hydrogen) atoms. The number of nitrogens with zero attached hydrogens (tertiary/aromatic N) is 2. The van der Waals surface area contributed by atoms with Crippen molar-refractivity contribution in [2.45, 2.75) is 38.8 Å². The van der Waals surface area contributed by atoms with E-state index < -0.39 is 0 Å². The van der Waals surface area contributed by atoms with Crippen LogP contribution in [0.4, 0.5) is 0 Å². The lowest BCUT2D eigenvalue weighted by molar-refractivity contribution is -0.142. The predicted molar refractivity (Wildman–Crippen MR) is 62.1 cm³/mol. The van der Waals surface area contributed by atoms with E-state index in [4.69, 9.17) is 0 Å². The van der Waals surface area contributed by atoms with Crippen molar-refractivity contribution < 1.29 is 9.53 Å². The van der Waals surface area contributed by atoms with Crippen LogP contribution in [-0.4, -0.2) is 28.2 Å². The predicted octanol–water partition coefficient (Wildman–Crippen LogP) is 1.36. The monoisotopic (exact) mass is 243 g/mol. The molecular formula is C10H17N3O2S. The summed E-state index contributed by atoms with van der Waals surface area (Å²) in [7, 11) is 1.41. The zero-order valence-corrected chi connectivity index (χ0v) is 10.6. The van der Waals surface area contributed by atoms with E-state index in [1.807, 2.05) is 19.2 Å². The molecule has 1 N–H and O–H groups in total. The van der Waals surface area contributed by atoms with Gasteiger partial charge < -0.3 is 10.1 Å². The molecule has 0 aliphatic heterocycles. The van der Waals surface area contributed by atoms with Crippen molar-refractivity contribution in [1.29, 1.82) is 0 Å². The van der Waals surface area contributed by atoms with Crippen molar-refractivity contribution in [3.63, 3.8) is 0 Å². The van der Waals surface area contributed by atoms with Crippen molar-refractivity contribution in [1.82, 2.24) is 14.9 Å². The summed E-state index contributed by atoms with van der Waals surface area (Å²) in [5.74, 6) is -0.201. The zero-order valence-electron chi connectivity index (χ0n) is 9.82. The molecule has 0 fully saturated rings. The lowest BCUT2D eigenvalue weighted by Crippen LogP contribution is -2.43. The SMILES string of the molecule is CCC(C)(CC(=O)OC)NCc1csnn1. The van der Waals surface area contributed by atoms with Crippen molar-refractivity contribution in [3.05, 3.63) is 11.1 Å². The summed E-state index contributed by atoms with van der Waals surface area (Å²) in [5, 5.41) is 9.15. The highest BCUT2D eigenvalue weighted by molar-refractivity contribution is 7.03. The lowest BCUT2D eigenvalue weighted by atomic mass is 9.94. The lowest BCUT2D eigenvalue weighted by Gasteiger charge is -2.28. The summed E-state index contributed by atoms with van der Waals surface area (Å²) in [6.07, 6.45) is 1.21. The Kier molecular flexibility index (Phi) is 4.82. The molecule has 0 aliphatic carbocycles. The first-order valence-corrected chi connectivity index (χ1v) is 6.01. The molecule has 0 aliphatic rings. The largest absolute Gasteiger partial charge is 0.469 e. The molecule has 90 valence electrons. The third kappa shape index (κ3) is 3.86. The Labute approximate surface area is 99.4 Å². The van der Waals surface area contributed by atoms with E-state index in [0.29, 0.717) is 13.0 Å². The molecule has 1 unspecified atom stereocenters. The molecule has 1 aromatic heterocycles. The van der Waals surface area contributed by atoms with Crippen LogP contribution in [0.3, 0.4) is 0 Å². The average molecular weight is 243 g/mol. The summed E-state index contributed by atoms with van der Waals surface area (Å²) < 4.78 is 8.47. The number of esters is 1. The third-order valence-electron chi connectivity index (χ3n) is 2.64. The molecule has 1 atom stereocenters. The van der Waals surface area contributed by atoms with E-state index in [9.17, 15) is 4.79 Å². The van der Waals surface area contributed by atoms with Gasteiger partial charge >= 0.3 is 5.97 Å². The van der Waals surface area contributed by atoms with Gasteiger partial charge in [0.2, 0.25) is 0 Å². The minimum Gasteiger partial charge on any atom is -0.469 e. The molecule has 0 saturated heterocycles. The Morgan fingerprint density at radius 2 is 2.44 bits per heavy atom. The Hall–Kier alpha value is -1.01. The van der Waals surface area contributed by atoms with Gasteiger partial charge in [-0.05, 0) is 24.9 Å². The first-order chi connectivity index (χ1) is 7.59. The molecule has 0 spiro atoms. The molecule has 1 rings (SSSR count). The van der Waals surface area contributed by atoms with E-state index >= 15 is 0 Å². The van der Waals surface area contributed by atoms with Crippen molar-refractivity contribution in [2.24, 2.45) is 0 Å². The van der Waals surface area contributed by atoms with Crippen LogP contribution < -0.4 is 5.32 Å². The standard InChI is InChI=1S/C10H17N3O2S/c1-4-10(2,5-9(14)15-3)11-6-8-7-16-13-12-8/h7,11H,4-6H2,1-3H3. The molecule has 0 aromatic carbocycles. The van der Waals surface area contributed by atoms with Crippen LogP contribution in [0, 0.1) is 0 Å². The quantitative estimate of drug-likeness (QED) is 0.764. The summed E-state index contributed by atoms with van der Waals surface area (Å²) in [6, 6.07) is 0. The Bertz CT molecular complexity index is 329. The van der Waals surface area contributed by atoms with Crippen LogP contribution in [0.2, 0.25) is 0 Å². The number of methoxy groups -OCH3 is 1. The van der Waals surface area contributed by atoms with Gasteiger partial charge in [-0.3, -0.25) is 4.79 Å². The van der Waals surface area contributed by atoms with Gasteiger partial charge in [-0.25, -0.2) is 0 Å². The normalized spacial score (nSPS) is 14.4. The van der Waals surface area contributed by atoms with Crippen molar-refractivity contribution in [3.8, 4) is 0 Å². The number of hydrogen-bond acceptors (Lipinski definition) is 6. The summed E-state index contributed by atoms with van der Waals surface area (Å²) >= 11 is 1.32. The maximum absolute atomic E-state index is 11.3. The first-order valence-electron chi connectivity index (χ1n) is 5.17. The van der Waals surface area contributed by atoms with E-state index in [-0.39, 0.29) is 11.5 Å². The maximum atomic E-state index is 11.3. The summed E-state index contributed by atoms with van der Waals surface area (Å²) in [5.41, 5.74) is 0.644. The molecule has 6 heteroatoms. The maximum Gasteiger partial charge on any atom is 0.307 e. The van der Waals surface area contributed by atoms with E-state index in [0.717, 1.165) is 12.1 Å². The van der Waals surface area contributed by atoms with Gasteiger partial charge in [0, 0.05) is 17.5 Å². The fraction of sp³-hybridized carbons (Fsp3) is 0.700. The number of rotatable bonds is 6. The number of ether oxygens (including phenoxy) is 1. The second-order valence-corrected chi connectivity index (χ2v) is 4.53. The zero-order chi connectivity index (χ0) is 12.0. The molecule has 1 aromatic rings. The Morgan fingerprint density at radius 3 is 2.94 bits per heavy atom. The van der Waals surface area contributed by atoms with E-state index in [1.165, 1.54) is 18.6 Å². The summed E-state index contributed by atoms with van der Waals surface area (Å²) in [6.45, 7) is 4.66. The van der Waals surface area contributed by atoms with Crippen LogP contribution in [-0.2, 0) is 16.1 Å². The fourth-order valence-corrected chi connectivity index (χ4v) is 1.72.